The topological polar surface area (TPSA) is 49.9 Å². The number of imide groups is 1. The highest BCUT2D eigenvalue weighted by molar-refractivity contribution is 9.10. The van der Waals surface area contributed by atoms with Crippen molar-refractivity contribution in [3.8, 4) is 0 Å². The number of anilines is 1. The normalized spacial score (nSPS) is 22.8. The molecule has 5 nitrogen and oxygen atoms in total. The van der Waals surface area contributed by atoms with Gasteiger partial charge in [0.1, 0.15) is 6.04 Å². The molecule has 6 heteroatoms. The van der Waals surface area contributed by atoms with Gasteiger partial charge in [0.05, 0.1) is 12.3 Å². The zero-order valence-corrected chi connectivity index (χ0v) is 12.7. The first kappa shape index (κ1) is 13.6. The van der Waals surface area contributed by atoms with Crippen LogP contribution >= 0.6 is 15.9 Å². The average molecular weight is 339 g/mol. The number of urea groups is 1. The minimum atomic E-state index is -0.507. The van der Waals surface area contributed by atoms with Crippen LogP contribution in [0.3, 0.4) is 0 Å². The van der Waals surface area contributed by atoms with Crippen molar-refractivity contribution in [1.29, 1.82) is 0 Å². The van der Waals surface area contributed by atoms with Gasteiger partial charge >= 0.3 is 6.03 Å². The summed E-state index contributed by atoms with van der Waals surface area (Å²) >= 11 is 3.40. The first-order valence-corrected chi connectivity index (χ1v) is 7.34. The molecule has 3 amide bonds. The lowest BCUT2D eigenvalue weighted by molar-refractivity contribution is -0.121. The maximum atomic E-state index is 12.6. The highest BCUT2D eigenvalue weighted by Crippen LogP contribution is 2.37. The Morgan fingerprint density at radius 3 is 2.60 bits per heavy atom. The van der Waals surface area contributed by atoms with Gasteiger partial charge in [-0.3, -0.25) is 4.79 Å². The maximum absolute atomic E-state index is 12.6. The molecular weight excluding hydrogens is 324 g/mol. The van der Waals surface area contributed by atoms with Gasteiger partial charge in [0, 0.05) is 17.6 Å². The van der Waals surface area contributed by atoms with Gasteiger partial charge < -0.3 is 9.64 Å². The van der Waals surface area contributed by atoms with Gasteiger partial charge in [0.15, 0.2) is 0 Å². The van der Waals surface area contributed by atoms with E-state index in [9.17, 15) is 9.59 Å². The van der Waals surface area contributed by atoms with Crippen LogP contribution < -0.4 is 4.90 Å². The minimum Gasteiger partial charge on any atom is -0.382 e. The van der Waals surface area contributed by atoms with Crippen LogP contribution in [-0.4, -0.2) is 42.6 Å². The van der Waals surface area contributed by atoms with Crippen LogP contribution in [0.15, 0.2) is 28.7 Å². The Morgan fingerprint density at radius 2 is 2.00 bits per heavy atom. The molecule has 1 heterocycles. The van der Waals surface area contributed by atoms with Crippen molar-refractivity contribution in [2.45, 2.75) is 24.9 Å². The minimum absolute atomic E-state index is 0.180. The van der Waals surface area contributed by atoms with Gasteiger partial charge in [-0.05, 0) is 40.9 Å². The second-order valence-corrected chi connectivity index (χ2v) is 5.87. The van der Waals surface area contributed by atoms with Gasteiger partial charge in [0.25, 0.3) is 5.91 Å². The molecule has 20 heavy (non-hydrogen) atoms. The number of carbonyl (C=O) groups is 2. The number of rotatable bonds is 4. The van der Waals surface area contributed by atoms with E-state index < -0.39 is 6.04 Å². The summed E-state index contributed by atoms with van der Waals surface area (Å²) in [6.07, 6.45) is 1.92. The number of para-hydroxylation sites is 1. The molecule has 3 rings (SSSR count). The highest BCUT2D eigenvalue weighted by Gasteiger charge is 2.51. The zero-order chi connectivity index (χ0) is 14.3. The van der Waals surface area contributed by atoms with E-state index in [0.717, 1.165) is 17.3 Å². The fourth-order valence-electron chi connectivity index (χ4n) is 2.54. The van der Waals surface area contributed by atoms with E-state index in [-0.39, 0.29) is 24.6 Å². The van der Waals surface area contributed by atoms with Crippen molar-refractivity contribution >= 4 is 33.6 Å². The number of benzene rings is 1. The zero-order valence-electron chi connectivity index (χ0n) is 11.1. The second kappa shape index (κ2) is 5.18. The number of methoxy groups -OCH3 is 1. The lowest BCUT2D eigenvalue weighted by Crippen LogP contribution is -2.39. The molecule has 2 aliphatic rings. The fraction of sp³-hybridized carbons (Fsp3) is 0.429. The van der Waals surface area contributed by atoms with Crippen LogP contribution in [0.1, 0.15) is 12.8 Å². The van der Waals surface area contributed by atoms with Gasteiger partial charge in [-0.2, -0.15) is 0 Å². The van der Waals surface area contributed by atoms with Crippen molar-refractivity contribution in [3.63, 3.8) is 0 Å². The summed E-state index contributed by atoms with van der Waals surface area (Å²) in [6.45, 7) is 0.238. The van der Waals surface area contributed by atoms with Crippen LogP contribution in [0.5, 0.6) is 0 Å². The van der Waals surface area contributed by atoms with E-state index in [2.05, 4.69) is 15.9 Å². The summed E-state index contributed by atoms with van der Waals surface area (Å²) in [5, 5.41) is 0. The van der Waals surface area contributed by atoms with Crippen molar-refractivity contribution in [2.75, 3.05) is 18.6 Å². The number of hydrogen-bond donors (Lipinski definition) is 0. The second-order valence-electron chi connectivity index (χ2n) is 5.02. The molecule has 106 valence electrons. The molecule has 0 radical (unpaired) electrons. The molecule has 2 fully saturated rings. The number of halogens is 1. The molecule has 1 aromatic carbocycles. The summed E-state index contributed by atoms with van der Waals surface area (Å²) < 4.78 is 5.85. The molecule has 0 spiro atoms. The summed E-state index contributed by atoms with van der Waals surface area (Å²) in [5.74, 6) is -0.212. The van der Waals surface area contributed by atoms with E-state index in [4.69, 9.17) is 4.74 Å². The molecule has 0 N–H and O–H groups in total. The Kier molecular flexibility index (Phi) is 3.52. The van der Waals surface area contributed by atoms with Gasteiger partial charge in [-0.1, -0.05) is 12.1 Å². The fourth-order valence-corrected chi connectivity index (χ4v) is 3.00. The lowest BCUT2D eigenvalue weighted by Gasteiger charge is -2.20. The number of carbonyl (C=O) groups excluding carboxylic acids is 2. The molecule has 1 saturated heterocycles. The van der Waals surface area contributed by atoms with E-state index in [1.807, 2.05) is 18.2 Å². The van der Waals surface area contributed by atoms with Crippen molar-refractivity contribution in [3.05, 3.63) is 28.7 Å². The first-order chi connectivity index (χ1) is 9.65. The number of amides is 3. The van der Waals surface area contributed by atoms with Crippen molar-refractivity contribution < 1.29 is 14.3 Å². The molecule has 1 saturated carbocycles. The predicted octanol–water partition coefficient (Wildman–Crippen LogP) is 2.40. The van der Waals surface area contributed by atoms with Crippen LogP contribution in [0.2, 0.25) is 0 Å². The maximum Gasteiger partial charge on any atom is 0.332 e. The lowest BCUT2D eigenvalue weighted by atomic mass is 10.2. The van der Waals surface area contributed by atoms with Crippen molar-refractivity contribution in [1.82, 2.24) is 4.90 Å². The predicted molar refractivity (Wildman–Crippen MR) is 77.5 cm³/mol. The summed E-state index contributed by atoms with van der Waals surface area (Å²) in [6, 6.07) is 6.68. The average Bonchev–Trinajstić information content (AvgIpc) is 3.21. The Bertz CT molecular complexity index is 559. The highest BCUT2D eigenvalue weighted by atomic mass is 79.9. The molecule has 0 aromatic heterocycles. The van der Waals surface area contributed by atoms with Crippen molar-refractivity contribution in [2.24, 2.45) is 0 Å². The number of ether oxygens (including phenoxy) is 1. The number of hydrogen-bond acceptors (Lipinski definition) is 3. The molecule has 1 aliphatic heterocycles. The third-order valence-corrected chi connectivity index (χ3v) is 4.28. The quantitative estimate of drug-likeness (QED) is 0.792. The van der Waals surface area contributed by atoms with E-state index in [1.54, 1.807) is 18.1 Å². The number of nitrogens with zero attached hydrogens (tertiary/aromatic N) is 2. The molecule has 0 bridgehead atoms. The standard InChI is InChI=1S/C14H15BrN2O3/c1-20-8-12-13(18)17(11-5-3-2-4-10(11)15)14(19)16(12)9-6-7-9/h2-5,9,12H,6-8H2,1H3/t12-/m0/s1. The van der Waals surface area contributed by atoms with Gasteiger partial charge in [-0.25, -0.2) is 9.69 Å². The Morgan fingerprint density at radius 1 is 1.30 bits per heavy atom. The first-order valence-electron chi connectivity index (χ1n) is 6.55. The third-order valence-electron chi connectivity index (χ3n) is 3.61. The van der Waals surface area contributed by atoms with Crippen LogP contribution in [-0.2, 0) is 9.53 Å². The smallest absolute Gasteiger partial charge is 0.332 e. The largest absolute Gasteiger partial charge is 0.382 e. The Labute approximate surface area is 125 Å². The summed E-state index contributed by atoms with van der Waals surface area (Å²) in [7, 11) is 1.55. The van der Waals surface area contributed by atoms with Crippen LogP contribution in [0.25, 0.3) is 0 Å². The Hall–Kier alpha value is -1.40. The molecule has 1 aliphatic carbocycles. The van der Waals surface area contributed by atoms with Crippen LogP contribution in [0.4, 0.5) is 10.5 Å². The third kappa shape index (κ3) is 2.13. The molecular formula is C14H15BrN2O3. The van der Waals surface area contributed by atoms with Crippen LogP contribution in [0, 0.1) is 0 Å². The molecule has 1 atom stereocenters. The Balaban J connectivity index is 1.97. The summed E-state index contributed by atoms with van der Waals surface area (Å²) in [5.41, 5.74) is 0.590. The van der Waals surface area contributed by atoms with E-state index in [1.165, 1.54) is 4.90 Å². The molecule has 1 aromatic rings. The monoisotopic (exact) mass is 338 g/mol. The molecule has 0 unspecified atom stereocenters. The van der Waals surface area contributed by atoms with Gasteiger partial charge in [-0.15, -0.1) is 0 Å². The summed E-state index contributed by atoms with van der Waals surface area (Å²) in [4.78, 5) is 28.1. The van der Waals surface area contributed by atoms with Gasteiger partial charge in [0.2, 0.25) is 0 Å². The SMILES string of the molecule is COC[C@H]1C(=O)N(c2ccccc2Br)C(=O)N1C1CC1. The van der Waals surface area contributed by atoms with E-state index >= 15 is 0 Å². The van der Waals surface area contributed by atoms with E-state index in [0.29, 0.717) is 5.69 Å².